The van der Waals surface area contributed by atoms with Gasteiger partial charge in [-0.15, -0.1) is 0 Å². The fourth-order valence-corrected chi connectivity index (χ4v) is 2.58. The fraction of sp³-hybridized carbons (Fsp3) is 0.571. The van der Waals surface area contributed by atoms with E-state index in [1.165, 1.54) is 37.9 Å². The minimum absolute atomic E-state index is 0.925. The third kappa shape index (κ3) is 4.78. The molecule has 1 aliphatic rings. The minimum atomic E-state index is 0.925. The molecule has 2 N–H and O–H groups in total. The smallest absolute Gasteiger partial charge is 0.0205 e. The highest BCUT2D eigenvalue weighted by Gasteiger charge is 2.11. The molecule has 17 heavy (non-hydrogen) atoms. The van der Waals surface area contributed by atoms with Gasteiger partial charge < -0.3 is 10.6 Å². The molecule has 0 atom stereocenters. The summed E-state index contributed by atoms with van der Waals surface area (Å²) in [5, 5.41) is 6.94. The molecule has 1 saturated heterocycles. The molecule has 1 aromatic rings. The molecule has 0 unspecified atom stereocenters. The highest BCUT2D eigenvalue weighted by Crippen LogP contribution is 2.15. The molecule has 0 bridgehead atoms. The quantitative estimate of drug-likeness (QED) is 0.817. The Kier molecular flexibility index (Phi) is 5.49. The zero-order valence-electron chi connectivity index (χ0n) is 10.2. The Morgan fingerprint density at radius 1 is 1.18 bits per heavy atom. The van der Waals surface area contributed by atoms with Crippen LogP contribution in [0.15, 0.2) is 28.7 Å². The number of benzene rings is 1. The summed E-state index contributed by atoms with van der Waals surface area (Å²) in [6.45, 7) is 4.54. The number of halogens is 1. The van der Waals surface area contributed by atoms with Gasteiger partial charge in [-0.05, 0) is 62.5 Å². The van der Waals surface area contributed by atoms with Crippen LogP contribution in [0.25, 0.3) is 0 Å². The van der Waals surface area contributed by atoms with E-state index in [-0.39, 0.29) is 0 Å². The standard InChI is InChI=1S/C14H21BrN2/c15-14-3-1-13(2-4-14)11-17-10-7-12-5-8-16-9-6-12/h1-4,12,16-17H,5-11H2. The van der Waals surface area contributed by atoms with E-state index in [4.69, 9.17) is 0 Å². The van der Waals surface area contributed by atoms with Crippen LogP contribution in [-0.4, -0.2) is 19.6 Å². The molecule has 0 spiro atoms. The zero-order chi connectivity index (χ0) is 11.9. The highest BCUT2D eigenvalue weighted by atomic mass is 79.9. The van der Waals surface area contributed by atoms with Gasteiger partial charge in [0, 0.05) is 11.0 Å². The Morgan fingerprint density at radius 2 is 1.88 bits per heavy atom. The van der Waals surface area contributed by atoms with E-state index in [9.17, 15) is 0 Å². The molecular weight excluding hydrogens is 276 g/mol. The first-order valence-corrected chi connectivity index (χ1v) is 7.30. The molecule has 0 amide bonds. The molecule has 2 nitrogen and oxygen atoms in total. The van der Waals surface area contributed by atoms with Crippen LogP contribution in [0.4, 0.5) is 0 Å². The van der Waals surface area contributed by atoms with Gasteiger partial charge in [-0.2, -0.15) is 0 Å². The first-order valence-electron chi connectivity index (χ1n) is 6.50. The molecule has 1 fully saturated rings. The van der Waals surface area contributed by atoms with E-state index in [2.05, 4.69) is 50.8 Å². The van der Waals surface area contributed by atoms with Gasteiger partial charge in [0.15, 0.2) is 0 Å². The van der Waals surface area contributed by atoms with E-state index in [1.54, 1.807) is 0 Å². The predicted molar refractivity (Wildman–Crippen MR) is 76.1 cm³/mol. The minimum Gasteiger partial charge on any atom is -0.317 e. The Hall–Kier alpha value is -0.380. The molecule has 0 radical (unpaired) electrons. The van der Waals surface area contributed by atoms with Crippen molar-refractivity contribution in [2.24, 2.45) is 5.92 Å². The third-order valence-electron chi connectivity index (χ3n) is 3.43. The van der Waals surface area contributed by atoms with Gasteiger partial charge >= 0.3 is 0 Å². The Morgan fingerprint density at radius 3 is 2.59 bits per heavy atom. The lowest BCUT2D eigenvalue weighted by Crippen LogP contribution is -2.29. The van der Waals surface area contributed by atoms with Crippen LogP contribution in [0.3, 0.4) is 0 Å². The van der Waals surface area contributed by atoms with E-state index in [0.717, 1.165) is 23.5 Å². The maximum Gasteiger partial charge on any atom is 0.0205 e. The van der Waals surface area contributed by atoms with Crippen LogP contribution in [0.1, 0.15) is 24.8 Å². The molecule has 0 saturated carbocycles. The predicted octanol–water partition coefficient (Wildman–Crippen LogP) is 2.93. The lowest BCUT2D eigenvalue weighted by molar-refractivity contribution is 0.348. The van der Waals surface area contributed by atoms with Gasteiger partial charge in [-0.25, -0.2) is 0 Å². The molecule has 1 heterocycles. The monoisotopic (exact) mass is 296 g/mol. The second-order valence-corrected chi connectivity index (χ2v) is 5.70. The number of nitrogens with one attached hydrogen (secondary N) is 2. The van der Waals surface area contributed by atoms with E-state index in [1.807, 2.05) is 0 Å². The average molecular weight is 297 g/mol. The second-order valence-electron chi connectivity index (χ2n) is 4.79. The third-order valence-corrected chi connectivity index (χ3v) is 3.96. The van der Waals surface area contributed by atoms with Gasteiger partial charge in [0.1, 0.15) is 0 Å². The van der Waals surface area contributed by atoms with Gasteiger partial charge in [-0.1, -0.05) is 28.1 Å². The van der Waals surface area contributed by atoms with Crippen molar-refractivity contribution in [3.8, 4) is 0 Å². The number of rotatable bonds is 5. The maximum atomic E-state index is 3.53. The van der Waals surface area contributed by atoms with Crippen LogP contribution >= 0.6 is 15.9 Å². The topological polar surface area (TPSA) is 24.1 Å². The summed E-state index contributed by atoms with van der Waals surface area (Å²) < 4.78 is 1.15. The molecule has 94 valence electrons. The van der Waals surface area contributed by atoms with Gasteiger partial charge in [0.05, 0.1) is 0 Å². The average Bonchev–Trinajstić information content (AvgIpc) is 2.38. The van der Waals surface area contributed by atoms with Gasteiger partial charge in [0.2, 0.25) is 0 Å². The maximum absolute atomic E-state index is 3.53. The molecule has 1 aliphatic heterocycles. The number of hydrogen-bond donors (Lipinski definition) is 2. The van der Waals surface area contributed by atoms with Crippen LogP contribution < -0.4 is 10.6 Å². The van der Waals surface area contributed by atoms with Crippen molar-refractivity contribution >= 4 is 15.9 Å². The lowest BCUT2D eigenvalue weighted by atomic mass is 9.95. The van der Waals surface area contributed by atoms with E-state index >= 15 is 0 Å². The van der Waals surface area contributed by atoms with E-state index in [0.29, 0.717) is 0 Å². The molecular formula is C14H21BrN2. The van der Waals surface area contributed by atoms with Gasteiger partial charge in [-0.3, -0.25) is 0 Å². The lowest BCUT2D eigenvalue weighted by Gasteiger charge is -2.22. The summed E-state index contributed by atoms with van der Waals surface area (Å²) in [4.78, 5) is 0. The fourth-order valence-electron chi connectivity index (χ4n) is 2.31. The van der Waals surface area contributed by atoms with Crippen molar-refractivity contribution in [2.45, 2.75) is 25.8 Å². The van der Waals surface area contributed by atoms with Crippen molar-refractivity contribution in [1.29, 1.82) is 0 Å². The first kappa shape index (κ1) is 13.1. The molecule has 0 aliphatic carbocycles. The molecule has 1 aromatic carbocycles. The van der Waals surface area contributed by atoms with Crippen LogP contribution in [-0.2, 0) is 6.54 Å². The summed E-state index contributed by atoms with van der Waals surface area (Å²) in [5.41, 5.74) is 1.36. The second kappa shape index (κ2) is 7.14. The highest BCUT2D eigenvalue weighted by molar-refractivity contribution is 9.10. The molecule has 0 aromatic heterocycles. The number of piperidine rings is 1. The number of hydrogen-bond acceptors (Lipinski definition) is 2. The Bertz CT molecular complexity index is 317. The summed E-state index contributed by atoms with van der Waals surface area (Å²) in [6.07, 6.45) is 4.01. The first-order chi connectivity index (χ1) is 8.34. The normalized spacial score (nSPS) is 17.2. The zero-order valence-corrected chi connectivity index (χ0v) is 11.8. The molecule has 2 rings (SSSR count). The van der Waals surface area contributed by atoms with Gasteiger partial charge in [0.25, 0.3) is 0 Å². The van der Waals surface area contributed by atoms with Crippen LogP contribution in [0.5, 0.6) is 0 Å². The summed E-state index contributed by atoms with van der Waals surface area (Å²) in [7, 11) is 0. The van der Waals surface area contributed by atoms with Crippen molar-refractivity contribution in [3.05, 3.63) is 34.3 Å². The van der Waals surface area contributed by atoms with Crippen molar-refractivity contribution in [2.75, 3.05) is 19.6 Å². The van der Waals surface area contributed by atoms with Crippen molar-refractivity contribution in [3.63, 3.8) is 0 Å². The van der Waals surface area contributed by atoms with Crippen LogP contribution in [0.2, 0.25) is 0 Å². The van der Waals surface area contributed by atoms with E-state index < -0.39 is 0 Å². The molecule has 3 heteroatoms. The summed E-state index contributed by atoms with van der Waals surface area (Å²) >= 11 is 3.45. The largest absolute Gasteiger partial charge is 0.317 e. The Balaban J connectivity index is 1.60. The van der Waals surface area contributed by atoms with Crippen molar-refractivity contribution < 1.29 is 0 Å². The SMILES string of the molecule is Brc1ccc(CNCCC2CCNCC2)cc1. The van der Waals surface area contributed by atoms with Crippen LogP contribution in [0, 0.1) is 5.92 Å². The summed E-state index contributed by atoms with van der Waals surface area (Å²) in [5.74, 6) is 0.925. The summed E-state index contributed by atoms with van der Waals surface area (Å²) in [6, 6.07) is 8.54. The van der Waals surface area contributed by atoms with Crippen molar-refractivity contribution in [1.82, 2.24) is 10.6 Å². The Labute approximate surface area is 112 Å².